The highest BCUT2D eigenvalue weighted by atomic mass is 79.9. The van der Waals surface area contributed by atoms with Crippen LogP contribution in [0.3, 0.4) is 0 Å². The van der Waals surface area contributed by atoms with Crippen molar-refractivity contribution in [3.63, 3.8) is 0 Å². The van der Waals surface area contributed by atoms with Crippen LogP contribution in [0, 0.1) is 0 Å². The molecule has 0 aliphatic rings. The molecule has 1 rings (SSSR count). The summed E-state index contributed by atoms with van der Waals surface area (Å²) < 4.78 is 7.74. The summed E-state index contributed by atoms with van der Waals surface area (Å²) in [6.07, 6.45) is 1.32. The molecule has 0 atom stereocenters. The van der Waals surface area contributed by atoms with E-state index in [1.165, 1.54) is 7.11 Å². The zero-order valence-electron chi connectivity index (χ0n) is 12.1. The predicted molar refractivity (Wildman–Crippen MR) is 77.9 cm³/mol. The van der Waals surface area contributed by atoms with Gasteiger partial charge in [-0.15, -0.1) is 0 Å². The topological polar surface area (TPSA) is 47.4 Å². The molecule has 0 saturated carbocycles. The number of aromatic nitrogens is 2. The van der Waals surface area contributed by atoms with E-state index in [1.54, 1.807) is 0 Å². The second-order valence-corrected chi connectivity index (χ2v) is 5.23. The molecule has 19 heavy (non-hydrogen) atoms. The minimum atomic E-state index is -0.177. The Morgan fingerprint density at radius 2 is 2.16 bits per heavy atom. The van der Waals surface area contributed by atoms with Crippen molar-refractivity contribution in [3.05, 3.63) is 15.9 Å². The third-order valence-corrected chi connectivity index (χ3v) is 3.95. The van der Waals surface area contributed by atoms with Gasteiger partial charge >= 0.3 is 5.97 Å². The normalized spacial score (nSPS) is 11.1. The second kappa shape index (κ2) is 7.65. The molecular weight excluding hydrogens is 310 g/mol. The average Bonchev–Trinajstić information content (AvgIpc) is 2.72. The molecule has 108 valence electrons. The summed E-state index contributed by atoms with van der Waals surface area (Å²) in [4.78, 5) is 13.2. The van der Waals surface area contributed by atoms with Gasteiger partial charge in [-0.3, -0.25) is 14.4 Å². The van der Waals surface area contributed by atoms with Crippen LogP contribution in [0.1, 0.15) is 31.7 Å². The fraction of sp³-hybridized carbons (Fsp3) is 0.692. The van der Waals surface area contributed by atoms with E-state index >= 15 is 0 Å². The van der Waals surface area contributed by atoms with Gasteiger partial charge in [0.05, 0.1) is 29.4 Å². The van der Waals surface area contributed by atoms with Gasteiger partial charge in [-0.1, -0.05) is 6.92 Å². The average molecular weight is 332 g/mol. The Labute approximate surface area is 123 Å². The van der Waals surface area contributed by atoms with Crippen LogP contribution >= 0.6 is 15.9 Å². The van der Waals surface area contributed by atoms with Crippen molar-refractivity contribution >= 4 is 21.9 Å². The number of hydrogen-bond donors (Lipinski definition) is 0. The summed E-state index contributed by atoms with van der Waals surface area (Å²) in [5.74, 6) is -0.177. The molecule has 0 aliphatic heterocycles. The number of aryl methyl sites for hydroxylation is 2. The van der Waals surface area contributed by atoms with Crippen molar-refractivity contribution in [2.45, 2.75) is 39.8 Å². The molecule has 1 heterocycles. The summed E-state index contributed by atoms with van der Waals surface area (Å²) in [7, 11) is 3.41. The van der Waals surface area contributed by atoms with Crippen molar-refractivity contribution in [2.75, 3.05) is 20.7 Å². The van der Waals surface area contributed by atoms with E-state index in [1.807, 2.05) is 11.7 Å². The van der Waals surface area contributed by atoms with Gasteiger partial charge in [-0.25, -0.2) is 0 Å². The van der Waals surface area contributed by atoms with E-state index in [0.717, 1.165) is 35.4 Å². The van der Waals surface area contributed by atoms with E-state index in [4.69, 9.17) is 0 Å². The molecule has 0 amide bonds. The van der Waals surface area contributed by atoms with Crippen LogP contribution in [-0.2, 0) is 29.0 Å². The number of carbonyl (C=O) groups excluding carboxylic acids is 1. The molecule has 0 unspecified atom stereocenters. The van der Waals surface area contributed by atoms with E-state index in [-0.39, 0.29) is 5.97 Å². The molecule has 6 heteroatoms. The lowest BCUT2D eigenvalue weighted by Gasteiger charge is -2.16. The molecule has 0 saturated heterocycles. The predicted octanol–water partition coefficient (Wildman–Crippen LogP) is 2.22. The van der Waals surface area contributed by atoms with Crippen LogP contribution in [0.15, 0.2) is 4.47 Å². The zero-order valence-corrected chi connectivity index (χ0v) is 13.7. The molecule has 5 nitrogen and oxygen atoms in total. The van der Waals surface area contributed by atoms with Gasteiger partial charge in [0, 0.05) is 19.6 Å². The first-order valence-corrected chi connectivity index (χ1v) is 7.32. The fourth-order valence-electron chi connectivity index (χ4n) is 1.89. The lowest BCUT2D eigenvalue weighted by atomic mass is 10.3. The van der Waals surface area contributed by atoms with Gasteiger partial charge in [0.2, 0.25) is 0 Å². The number of rotatable bonds is 7. The largest absolute Gasteiger partial charge is 0.469 e. The number of halogens is 1. The third-order valence-electron chi connectivity index (χ3n) is 3.04. The Hall–Kier alpha value is -0.880. The van der Waals surface area contributed by atoms with E-state index in [2.05, 4.69) is 44.5 Å². The highest BCUT2D eigenvalue weighted by Gasteiger charge is 2.15. The molecule has 0 aromatic carbocycles. The van der Waals surface area contributed by atoms with Crippen LogP contribution in [0.25, 0.3) is 0 Å². The number of hydrogen-bond acceptors (Lipinski definition) is 4. The van der Waals surface area contributed by atoms with Crippen molar-refractivity contribution in [1.29, 1.82) is 0 Å². The minimum absolute atomic E-state index is 0.177. The van der Waals surface area contributed by atoms with Crippen molar-refractivity contribution in [3.8, 4) is 0 Å². The molecule has 1 aromatic rings. The molecule has 0 bridgehead atoms. The van der Waals surface area contributed by atoms with Crippen LogP contribution in [0.4, 0.5) is 0 Å². The summed E-state index contributed by atoms with van der Waals surface area (Å²) in [5.41, 5.74) is 2.24. The number of esters is 1. The summed E-state index contributed by atoms with van der Waals surface area (Å²) >= 11 is 3.62. The maximum atomic E-state index is 11.1. The maximum absolute atomic E-state index is 11.1. The van der Waals surface area contributed by atoms with Gasteiger partial charge in [0.15, 0.2) is 0 Å². The molecule has 0 radical (unpaired) electrons. The van der Waals surface area contributed by atoms with Gasteiger partial charge in [0.1, 0.15) is 0 Å². The molecule has 0 fully saturated rings. The van der Waals surface area contributed by atoms with Crippen molar-refractivity contribution in [1.82, 2.24) is 14.7 Å². The monoisotopic (exact) mass is 331 g/mol. The molecule has 0 spiro atoms. The lowest BCUT2D eigenvalue weighted by molar-refractivity contribution is -0.140. The molecular formula is C13H22BrN3O2. The first-order valence-electron chi connectivity index (χ1n) is 6.52. The highest BCUT2D eigenvalue weighted by molar-refractivity contribution is 9.10. The van der Waals surface area contributed by atoms with Gasteiger partial charge in [0.25, 0.3) is 0 Å². The van der Waals surface area contributed by atoms with Gasteiger partial charge in [-0.2, -0.15) is 5.10 Å². The van der Waals surface area contributed by atoms with Crippen LogP contribution < -0.4 is 0 Å². The quantitative estimate of drug-likeness (QED) is 0.719. The molecule has 1 aromatic heterocycles. The van der Waals surface area contributed by atoms with Crippen molar-refractivity contribution in [2.24, 2.45) is 0 Å². The Balaban J connectivity index is 2.70. The summed E-state index contributed by atoms with van der Waals surface area (Å²) in [5, 5.41) is 4.56. The Morgan fingerprint density at radius 1 is 1.47 bits per heavy atom. The van der Waals surface area contributed by atoms with Crippen LogP contribution in [0.2, 0.25) is 0 Å². The fourth-order valence-corrected chi connectivity index (χ4v) is 2.58. The van der Waals surface area contributed by atoms with E-state index < -0.39 is 0 Å². The van der Waals surface area contributed by atoms with Crippen molar-refractivity contribution < 1.29 is 9.53 Å². The number of ether oxygens (including phenoxy) is 1. The standard InChI is InChI=1S/C13H22BrN3O2/c1-5-10-13(14)11(17(6-2)15-10)9-16(3)8-7-12(18)19-4/h5-9H2,1-4H3. The SMILES string of the molecule is CCc1nn(CC)c(CN(C)CCC(=O)OC)c1Br. The second-order valence-electron chi connectivity index (χ2n) is 4.44. The minimum Gasteiger partial charge on any atom is -0.469 e. The number of methoxy groups -OCH3 is 1. The van der Waals surface area contributed by atoms with Crippen LogP contribution in [0.5, 0.6) is 0 Å². The third kappa shape index (κ3) is 4.31. The Morgan fingerprint density at radius 3 is 2.68 bits per heavy atom. The smallest absolute Gasteiger partial charge is 0.306 e. The summed E-state index contributed by atoms with van der Waals surface area (Å²) in [6.45, 7) is 6.46. The maximum Gasteiger partial charge on any atom is 0.306 e. The number of nitrogens with zero attached hydrogens (tertiary/aromatic N) is 3. The number of carbonyl (C=O) groups is 1. The highest BCUT2D eigenvalue weighted by Crippen LogP contribution is 2.23. The molecule has 0 N–H and O–H groups in total. The Kier molecular flexibility index (Phi) is 6.51. The van der Waals surface area contributed by atoms with E-state index in [0.29, 0.717) is 13.0 Å². The van der Waals surface area contributed by atoms with E-state index in [9.17, 15) is 4.79 Å². The Bertz CT molecular complexity index is 432. The van der Waals surface area contributed by atoms with Crippen LogP contribution in [-0.4, -0.2) is 41.4 Å². The first kappa shape index (κ1) is 16.2. The first-order chi connectivity index (χ1) is 9.03. The lowest BCUT2D eigenvalue weighted by Crippen LogP contribution is -2.23. The molecule has 0 aliphatic carbocycles. The summed E-state index contributed by atoms with van der Waals surface area (Å²) in [6, 6.07) is 0. The van der Waals surface area contributed by atoms with Gasteiger partial charge in [-0.05, 0) is 36.3 Å². The zero-order chi connectivity index (χ0) is 14.4. The van der Waals surface area contributed by atoms with Gasteiger partial charge < -0.3 is 4.74 Å².